The van der Waals surface area contributed by atoms with Crippen LogP contribution >= 0.6 is 0 Å². The lowest BCUT2D eigenvalue weighted by molar-refractivity contribution is -0.133. The molecule has 2 rings (SSSR count). The first kappa shape index (κ1) is 22.0. The minimum absolute atomic E-state index is 0.0496. The lowest BCUT2D eigenvalue weighted by atomic mass is 10.1. The molecule has 156 valence electrons. The molecule has 7 nitrogen and oxygen atoms in total. The Balaban J connectivity index is 1.82. The number of rotatable bonds is 7. The van der Waals surface area contributed by atoms with Gasteiger partial charge in [0.2, 0.25) is 11.8 Å². The van der Waals surface area contributed by atoms with Crippen LogP contribution in [-0.4, -0.2) is 80.1 Å². The third-order valence-electron chi connectivity index (χ3n) is 4.76. The molecule has 0 unspecified atom stereocenters. The number of carbonyl (C=O) groups excluding carboxylic acids is 2. The molecular formula is C21H34N4O3. The van der Waals surface area contributed by atoms with E-state index in [1.807, 2.05) is 61.8 Å². The second kappa shape index (κ2) is 9.78. The summed E-state index contributed by atoms with van der Waals surface area (Å²) in [5.74, 6) is 0.874. The molecule has 1 heterocycles. The molecule has 0 bridgehead atoms. The number of benzene rings is 1. The minimum atomic E-state index is -0.266. The first-order valence-electron chi connectivity index (χ1n) is 9.92. The van der Waals surface area contributed by atoms with Crippen molar-refractivity contribution in [2.45, 2.75) is 33.2 Å². The van der Waals surface area contributed by atoms with Gasteiger partial charge in [0.25, 0.3) is 0 Å². The van der Waals surface area contributed by atoms with Gasteiger partial charge in [-0.1, -0.05) is 6.92 Å². The van der Waals surface area contributed by atoms with Crippen LogP contribution in [0.15, 0.2) is 24.3 Å². The van der Waals surface area contributed by atoms with Gasteiger partial charge in [0.15, 0.2) is 0 Å². The number of ether oxygens (including phenoxy) is 1. The highest BCUT2D eigenvalue weighted by Crippen LogP contribution is 2.20. The summed E-state index contributed by atoms with van der Waals surface area (Å²) in [7, 11) is 1.66. The van der Waals surface area contributed by atoms with Crippen molar-refractivity contribution in [2.24, 2.45) is 0 Å². The quantitative estimate of drug-likeness (QED) is 0.766. The molecule has 1 N–H and O–H groups in total. The molecule has 1 aliphatic rings. The van der Waals surface area contributed by atoms with Crippen LogP contribution in [0.4, 0.5) is 5.69 Å². The molecular weight excluding hydrogens is 356 g/mol. The number of amides is 2. The maximum absolute atomic E-state index is 12.7. The Morgan fingerprint density at radius 2 is 1.68 bits per heavy atom. The largest absolute Gasteiger partial charge is 0.497 e. The zero-order valence-corrected chi connectivity index (χ0v) is 17.8. The van der Waals surface area contributed by atoms with Crippen LogP contribution in [0.25, 0.3) is 0 Å². The molecule has 1 aromatic carbocycles. The summed E-state index contributed by atoms with van der Waals surface area (Å²) in [4.78, 5) is 30.9. The normalized spacial score (nSPS) is 14.9. The van der Waals surface area contributed by atoms with Crippen LogP contribution in [0.2, 0.25) is 0 Å². The summed E-state index contributed by atoms with van der Waals surface area (Å²) in [6.07, 6.45) is 0. The Morgan fingerprint density at radius 3 is 2.18 bits per heavy atom. The first-order valence-corrected chi connectivity index (χ1v) is 9.92. The van der Waals surface area contributed by atoms with Crippen molar-refractivity contribution in [3.63, 3.8) is 0 Å². The van der Waals surface area contributed by atoms with E-state index >= 15 is 0 Å². The third kappa shape index (κ3) is 6.71. The molecule has 1 aromatic rings. The Morgan fingerprint density at radius 1 is 1.07 bits per heavy atom. The van der Waals surface area contributed by atoms with E-state index in [-0.39, 0.29) is 30.4 Å². The number of piperazine rings is 1. The van der Waals surface area contributed by atoms with E-state index in [0.717, 1.165) is 24.5 Å². The van der Waals surface area contributed by atoms with Crippen LogP contribution in [0.5, 0.6) is 5.75 Å². The smallest absolute Gasteiger partial charge is 0.236 e. The van der Waals surface area contributed by atoms with E-state index in [2.05, 4.69) is 10.2 Å². The molecule has 0 saturated carbocycles. The van der Waals surface area contributed by atoms with Crippen LogP contribution in [-0.2, 0) is 9.59 Å². The molecule has 0 radical (unpaired) electrons. The number of hydrogen-bond acceptors (Lipinski definition) is 5. The molecule has 1 saturated heterocycles. The maximum Gasteiger partial charge on any atom is 0.236 e. The van der Waals surface area contributed by atoms with Crippen molar-refractivity contribution in [2.75, 3.05) is 57.8 Å². The summed E-state index contributed by atoms with van der Waals surface area (Å²) in [6.45, 7) is 12.0. The number of hydrogen-bond donors (Lipinski definition) is 1. The van der Waals surface area contributed by atoms with E-state index in [0.29, 0.717) is 19.6 Å². The third-order valence-corrected chi connectivity index (χ3v) is 4.76. The number of anilines is 1. The van der Waals surface area contributed by atoms with Crippen molar-refractivity contribution in [1.82, 2.24) is 15.1 Å². The SMILES string of the molecule is CCN(CC(=O)NC(C)(C)C)CC(=O)N1CCN(c2ccc(OC)cc2)CC1. The second-order valence-electron chi connectivity index (χ2n) is 8.17. The van der Waals surface area contributed by atoms with Gasteiger partial charge in [0, 0.05) is 37.4 Å². The second-order valence-corrected chi connectivity index (χ2v) is 8.17. The summed E-state index contributed by atoms with van der Waals surface area (Å²) in [5, 5.41) is 2.95. The van der Waals surface area contributed by atoms with Crippen molar-refractivity contribution < 1.29 is 14.3 Å². The summed E-state index contributed by atoms with van der Waals surface area (Å²) >= 11 is 0. The molecule has 28 heavy (non-hydrogen) atoms. The molecule has 2 amide bonds. The highest BCUT2D eigenvalue weighted by molar-refractivity contribution is 5.81. The van der Waals surface area contributed by atoms with Crippen LogP contribution in [0.3, 0.4) is 0 Å². The highest BCUT2D eigenvalue weighted by atomic mass is 16.5. The molecule has 0 aromatic heterocycles. The Hall–Kier alpha value is -2.28. The number of nitrogens with zero attached hydrogens (tertiary/aromatic N) is 3. The van der Waals surface area contributed by atoms with Crippen molar-refractivity contribution in [3.8, 4) is 5.75 Å². The molecule has 1 aliphatic heterocycles. The zero-order valence-electron chi connectivity index (χ0n) is 17.8. The van der Waals surface area contributed by atoms with Gasteiger partial charge in [0.05, 0.1) is 20.2 Å². The van der Waals surface area contributed by atoms with Gasteiger partial charge in [-0.05, 0) is 51.6 Å². The number of likely N-dealkylation sites (N-methyl/N-ethyl adjacent to an activating group) is 1. The van der Waals surface area contributed by atoms with E-state index in [4.69, 9.17) is 4.74 Å². The fourth-order valence-corrected chi connectivity index (χ4v) is 3.24. The average Bonchev–Trinajstić information content (AvgIpc) is 2.66. The predicted octanol–water partition coefficient (Wildman–Crippen LogP) is 1.58. The number of nitrogens with one attached hydrogen (secondary N) is 1. The van der Waals surface area contributed by atoms with Crippen molar-refractivity contribution in [1.29, 1.82) is 0 Å². The predicted molar refractivity (Wildman–Crippen MR) is 112 cm³/mol. The average molecular weight is 391 g/mol. The molecule has 0 spiro atoms. The standard InChI is InChI=1S/C21H34N4O3/c1-6-23(15-19(26)22-21(2,3)4)16-20(27)25-13-11-24(12-14-25)17-7-9-18(28-5)10-8-17/h7-10H,6,11-16H2,1-5H3,(H,22,26). The fourth-order valence-electron chi connectivity index (χ4n) is 3.24. The lowest BCUT2D eigenvalue weighted by Crippen LogP contribution is -2.52. The first-order chi connectivity index (χ1) is 13.2. The number of methoxy groups -OCH3 is 1. The minimum Gasteiger partial charge on any atom is -0.497 e. The van der Waals surface area contributed by atoms with Gasteiger partial charge in [-0.2, -0.15) is 0 Å². The van der Waals surface area contributed by atoms with Gasteiger partial charge in [-0.25, -0.2) is 0 Å². The Bertz CT molecular complexity index is 647. The van der Waals surface area contributed by atoms with Crippen molar-refractivity contribution >= 4 is 17.5 Å². The van der Waals surface area contributed by atoms with Gasteiger partial charge in [-0.3, -0.25) is 14.5 Å². The summed E-state index contributed by atoms with van der Waals surface area (Å²) in [5.41, 5.74) is 0.875. The summed E-state index contributed by atoms with van der Waals surface area (Å²) < 4.78 is 5.20. The van der Waals surface area contributed by atoms with Gasteiger partial charge >= 0.3 is 0 Å². The number of carbonyl (C=O) groups is 2. The van der Waals surface area contributed by atoms with Crippen molar-refractivity contribution in [3.05, 3.63) is 24.3 Å². The lowest BCUT2D eigenvalue weighted by Gasteiger charge is -2.37. The Kier molecular flexibility index (Phi) is 7.69. The van der Waals surface area contributed by atoms with Gasteiger partial charge in [0.1, 0.15) is 5.75 Å². The molecule has 0 aliphatic carbocycles. The van der Waals surface area contributed by atoms with E-state index in [1.165, 1.54) is 0 Å². The highest BCUT2D eigenvalue weighted by Gasteiger charge is 2.24. The molecule has 7 heteroatoms. The monoisotopic (exact) mass is 390 g/mol. The zero-order chi connectivity index (χ0) is 20.7. The summed E-state index contributed by atoms with van der Waals surface area (Å²) in [6, 6.07) is 8.00. The van der Waals surface area contributed by atoms with E-state index in [1.54, 1.807) is 7.11 Å². The van der Waals surface area contributed by atoms with Gasteiger partial charge < -0.3 is 19.9 Å². The van der Waals surface area contributed by atoms with Crippen LogP contribution in [0.1, 0.15) is 27.7 Å². The molecule has 0 atom stereocenters. The van der Waals surface area contributed by atoms with E-state index in [9.17, 15) is 9.59 Å². The van der Waals surface area contributed by atoms with Crippen LogP contribution < -0.4 is 15.0 Å². The fraction of sp³-hybridized carbons (Fsp3) is 0.619. The maximum atomic E-state index is 12.7. The molecule has 1 fully saturated rings. The van der Waals surface area contributed by atoms with E-state index < -0.39 is 0 Å². The Labute approximate surface area is 168 Å². The van der Waals surface area contributed by atoms with Crippen LogP contribution in [0, 0.1) is 0 Å². The van der Waals surface area contributed by atoms with Gasteiger partial charge in [-0.15, -0.1) is 0 Å². The topological polar surface area (TPSA) is 65.1 Å².